The van der Waals surface area contributed by atoms with Gasteiger partial charge in [-0.3, -0.25) is 5.43 Å². The van der Waals surface area contributed by atoms with Gasteiger partial charge in [-0.05, 0) is 42.0 Å². The molecule has 2 rings (SSSR count). The molecule has 0 aliphatic rings. The molecule has 2 aromatic carbocycles. The van der Waals surface area contributed by atoms with Crippen LogP contribution in [0.2, 0.25) is 0 Å². The molecular formula is C16H16BrN3OS. The summed E-state index contributed by atoms with van der Waals surface area (Å²) in [4.78, 5) is 0. The average Bonchev–Trinajstić information content (AvgIpc) is 2.55. The summed E-state index contributed by atoms with van der Waals surface area (Å²) in [6, 6.07) is 15.7. The van der Waals surface area contributed by atoms with Crippen LogP contribution in [0.5, 0.6) is 5.75 Å². The molecule has 0 heterocycles. The van der Waals surface area contributed by atoms with Crippen molar-refractivity contribution in [2.45, 2.75) is 6.61 Å². The molecule has 0 unspecified atom stereocenters. The second kappa shape index (κ2) is 8.51. The molecule has 2 aromatic rings. The van der Waals surface area contributed by atoms with Crippen molar-refractivity contribution in [3.8, 4) is 5.75 Å². The number of benzene rings is 2. The fraction of sp³-hybridized carbons (Fsp3) is 0.125. The van der Waals surface area contributed by atoms with Crippen molar-refractivity contribution in [1.82, 2.24) is 10.7 Å². The Hall–Kier alpha value is -1.92. The molecule has 0 radical (unpaired) electrons. The van der Waals surface area contributed by atoms with Gasteiger partial charge in [0.05, 0.1) is 6.21 Å². The monoisotopic (exact) mass is 377 g/mol. The van der Waals surface area contributed by atoms with Crippen LogP contribution in [0.4, 0.5) is 0 Å². The third-order valence-electron chi connectivity index (χ3n) is 2.82. The van der Waals surface area contributed by atoms with Crippen LogP contribution in [0.1, 0.15) is 11.1 Å². The van der Waals surface area contributed by atoms with E-state index in [0.717, 1.165) is 21.3 Å². The standard InChI is InChI=1S/C16H16BrN3OS/c1-18-16(22)20-19-10-13-4-2-3-5-15(13)21-11-12-6-8-14(17)9-7-12/h2-10H,11H2,1H3,(H2,18,20,22). The van der Waals surface area contributed by atoms with E-state index in [2.05, 4.69) is 31.8 Å². The third kappa shape index (κ3) is 5.13. The summed E-state index contributed by atoms with van der Waals surface area (Å²) in [5.41, 5.74) is 4.70. The van der Waals surface area contributed by atoms with Crippen molar-refractivity contribution >= 4 is 39.5 Å². The minimum atomic E-state index is 0.463. The molecule has 0 saturated heterocycles. The van der Waals surface area contributed by atoms with Gasteiger partial charge >= 0.3 is 0 Å². The van der Waals surface area contributed by atoms with Crippen molar-refractivity contribution in [3.63, 3.8) is 0 Å². The summed E-state index contributed by atoms with van der Waals surface area (Å²) in [6.07, 6.45) is 1.68. The van der Waals surface area contributed by atoms with Gasteiger partial charge in [-0.15, -0.1) is 0 Å². The zero-order valence-electron chi connectivity index (χ0n) is 12.0. The molecule has 0 saturated carbocycles. The first-order valence-electron chi connectivity index (χ1n) is 6.66. The summed E-state index contributed by atoms with van der Waals surface area (Å²) in [7, 11) is 1.74. The average molecular weight is 378 g/mol. The minimum Gasteiger partial charge on any atom is -0.488 e. The van der Waals surface area contributed by atoms with Gasteiger partial charge in [0.1, 0.15) is 12.4 Å². The fourth-order valence-corrected chi connectivity index (χ4v) is 1.99. The molecule has 0 fully saturated rings. The Morgan fingerprint density at radius 2 is 1.95 bits per heavy atom. The van der Waals surface area contributed by atoms with E-state index >= 15 is 0 Å². The van der Waals surface area contributed by atoms with Crippen LogP contribution in [0, 0.1) is 0 Å². The van der Waals surface area contributed by atoms with E-state index in [1.807, 2.05) is 48.5 Å². The number of thiocarbonyl (C=S) groups is 1. The summed E-state index contributed by atoms with van der Waals surface area (Å²) in [6.45, 7) is 0.500. The maximum atomic E-state index is 5.86. The van der Waals surface area contributed by atoms with Gasteiger partial charge in [0.25, 0.3) is 0 Å². The van der Waals surface area contributed by atoms with Crippen molar-refractivity contribution in [1.29, 1.82) is 0 Å². The first kappa shape index (κ1) is 16.5. The van der Waals surface area contributed by atoms with Gasteiger partial charge < -0.3 is 10.1 Å². The van der Waals surface area contributed by atoms with Crippen LogP contribution < -0.4 is 15.5 Å². The molecule has 0 spiro atoms. The molecule has 0 amide bonds. The number of nitrogens with zero attached hydrogens (tertiary/aromatic N) is 1. The van der Waals surface area contributed by atoms with Crippen molar-refractivity contribution in [3.05, 3.63) is 64.1 Å². The topological polar surface area (TPSA) is 45.7 Å². The smallest absolute Gasteiger partial charge is 0.186 e. The fourth-order valence-electron chi connectivity index (χ4n) is 1.68. The predicted octanol–water partition coefficient (Wildman–Crippen LogP) is 3.46. The summed E-state index contributed by atoms with van der Waals surface area (Å²) < 4.78 is 6.92. The molecule has 2 N–H and O–H groups in total. The Morgan fingerprint density at radius 1 is 1.23 bits per heavy atom. The molecule has 0 bridgehead atoms. The number of nitrogens with one attached hydrogen (secondary N) is 2. The number of halogens is 1. The van der Waals surface area contributed by atoms with Crippen LogP contribution in [0.25, 0.3) is 0 Å². The van der Waals surface area contributed by atoms with Crippen LogP contribution in [-0.4, -0.2) is 18.4 Å². The quantitative estimate of drug-likeness (QED) is 0.475. The van der Waals surface area contributed by atoms with Crippen LogP contribution in [-0.2, 0) is 6.61 Å². The molecule has 22 heavy (non-hydrogen) atoms. The number of hydrogen-bond acceptors (Lipinski definition) is 3. The number of ether oxygens (including phenoxy) is 1. The van der Waals surface area contributed by atoms with E-state index < -0.39 is 0 Å². The van der Waals surface area contributed by atoms with Gasteiger partial charge in [-0.25, -0.2) is 0 Å². The van der Waals surface area contributed by atoms with Crippen LogP contribution in [0.3, 0.4) is 0 Å². The van der Waals surface area contributed by atoms with Crippen molar-refractivity contribution in [2.24, 2.45) is 5.10 Å². The Morgan fingerprint density at radius 3 is 2.68 bits per heavy atom. The summed E-state index contributed by atoms with van der Waals surface area (Å²) in [5, 5.41) is 7.33. The van der Waals surface area contributed by atoms with E-state index in [9.17, 15) is 0 Å². The van der Waals surface area contributed by atoms with E-state index in [-0.39, 0.29) is 0 Å². The molecule has 6 heteroatoms. The van der Waals surface area contributed by atoms with Gasteiger partial charge in [-0.1, -0.05) is 40.2 Å². The molecular weight excluding hydrogens is 362 g/mol. The van der Waals surface area contributed by atoms with Crippen molar-refractivity contribution in [2.75, 3.05) is 7.05 Å². The third-order valence-corrected chi connectivity index (χ3v) is 3.65. The lowest BCUT2D eigenvalue weighted by molar-refractivity contribution is 0.306. The lowest BCUT2D eigenvalue weighted by atomic mass is 10.2. The van der Waals surface area contributed by atoms with Gasteiger partial charge in [0.2, 0.25) is 0 Å². The normalized spacial score (nSPS) is 10.5. The largest absolute Gasteiger partial charge is 0.488 e. The lowest BCUT2D eigenvalue weighted by Crippen LogP contribution is -2.28. The molecule has 0 aliphatic carbocycles. The highest BCUT2D eigenvalue weighted by molar-refractivity contribution is 9.10. The van der Waals surface area contributed by atoms with Gasteiger partial charge in [0.15, 0.2) is 5.11 Å². The van der Waals surface area contributed by atoms with E-state index in [1.54, 1.807) is 13.3 Å². The highest BCUT2D eigenvalue weighted by Crippen LogP contribution is 2.18. The molecule has 0 aliphatic heterocycles. The van der Waals surface area contributed by atoms with E-state index in [4.69, 9.17) is 17.0 Å². The summed E-state index contributed by atoms with van der Waals surface area (Å²) in [5.74, 6) is 0.770. The van der Waals surface area contributed by atoms with E-state index in [1.165, 1.54) is 0 Å². The molecule has 0 aromatic heterocycles. The van der Waals surface area contributed by atoms with Gasteiger partial charge in [0, 0.05) is 17.1 Å². The zero-order valence-corrected chi connectivity index (χ0v) is 14.4. The van der Waals surface area contributed by atoms with E-state index in [0.29, 0.717) is 11.7 Å². The van der Waals surface area contributed by atoms with Crippen molar-refractivity contribution < 1.29 is 4.74 Å². The predicted molar refractivity (Wildman–Crippen MR) is 97.3 cm³/mol. The highest BCUT2D eigenvalue weighted by atomic mass is 79.9. The first-order chi connectivity index (χ1) is 10.7. The molecule has 114 valence electrons. The Balaban J connectivity index is 2.01. The Kier molecular flexibility index (Phi) is 6.36. The highest BCUT2D eigenvalue weighted by Gasteiger charge is 2.01. The molecule has 0 atom stereocenters. The lowest BCUT2D eigenvalue weighted by Gasteiger charge is -2.09. The molecule has 4 nitrogen and oxygen atoms in total. The number of hydrazone groups is 1. The Labute approximate surface area is 143 Å². The zero-order chi connectivity index (χ0) is 15.8. The van der Waals surface area contributed by atoms with Crippen LogP contribution >= 0.6 is 28.1 Å². The number of para-hydroxylation sites is 1. The SMILES string of the molecule is CNC(=S)NN=Cc1ccccc1OCc1ccc(Br)cc1. The van der Waals surface area contributed by atoms with Gasteiger partial charge in [-0.2, -0.15) is 5.10 Å². The van der Waals surface area contributed by atoms with Crippen LogP contribution in [0.15, 0.2) is 58.1 Å². The minimum absolute atomic E-state index is 0.463. The second-order valence-corrected chi connectivity index (χ2v) is 5.73. The second-order valence-electron chi connectivity index (χ2n) is 4.40. The maximum absolute atomic E-state index is 5.86. The number of rotatable bonds is 5. The number of hydrogen-bond donors (Lipinski definition) is 2. The Bertz CT molecular complexity index is 659. The first-order valence-corrected chi connectivity index (χ1v) is 7.86. The maximum Gasteiger partial charge on any atom is 0.186 e. The summed E-state index contributed by atoms with van der Waals surface area (Å²) >= 11 is 8.38.